The van der Waals surface area contributed by atoms with Crippen LogP contribution in [0.1, 0.15) is 30.3 Å². The summed E-state index contributed by atoms with van der Waals surface area (Å²) in [6.45, 7) is 2.67. The summed E-state index contributed by atoms with van der Waals surface area (Å²) >= 11 is 0. The number of ether oxygens (including phenoxy) is 1. The number of hydrogen-bond donors (Lipinski definition) is 2. The Labute approximate surface area is 101 Å². The van der Waals surface area contributed by atoms with Crippen LogP contribution in [0.3, 0.4) is 0 Å². The molecule has 0 aliphatic heterocycles. The number of hydrogen-bond acceptors (Lipinski definition) is 5. The van der Waals surface area contributed by atoms with Crippen LogP contribution in [0.2, 0.25) is 0 Å². The lowest BCUT2D eigenvalue weighted by Crippen LogP contribution is -2.28. The summed E-state index contributed by atoms with van der Waals surface area (Å²) in [5, 5.41) is 3.28. The van der Waals surface area contributed by atoms with Gasteiger partial charge in [0.25, 0.3) is 0 Å². The predicted octanol–water partition coefficient (Wildman–Crippen LogP) is 1.41. The van der Waals surface area contributed by atoms with E-state index in [1.165, 1.54) is 7.11 Å². The van der Waals surface area contributed by atoms with Crippen molar-refractivity contribution in [1.82, 2.24) is 4.98 Å². The first kappa shape index (κ1) is 13.4. The summed E-state index contributed by atoms with van der Waals surface area (Å²) in [4.78, 5) is 15.3. The van der Waals surface area contributed by atoms with E-state index in [1.807, 2.05) is 6.07 Å². The van der Waals surface area contributed by atoms with Gasteiger partial charge in [-0.2, -0.15) is 0 Å². The Kier molecular flexibility index (Phi) is 5.42. The van der Waals surface area contributed by atoms with Gasteiger partial charge in [0.15, 0.2) is 0 Å². The van der Waals surface area contributed by atoms with Crippen molar-refractivity contribution in [2.45, 2.75) is 25.8 Å². The fourth-order valence-electron chi connectivity index (χ4n) is 1.57. The number of carbonyl (C=O) groups is 1. The van der Waals surface area contributed by atoms with Crippen molar-refractivity contribution in [3.8, 4) is 0 Å². The molecule has 0 saturated heterocycles. The molecule has 0 spiro atoms. The minimum absolute atomic E-state index is 0.216. The van der Waals surface area contributed by atoms with Gasteiger partial charge in [0.2, 0.25) is 0 Å². The lowest BCUT2D eigenvalue weighted by Gasteiger charge is -2.17. The number of rotatable bonds is 6. The Balaban J connectivity index is 2.74. The summed E-state index contributed by atoms with van der Waals surface area (Å²) < 4.78 is 4.62. The average Bonchev–Trinajstić information content (AvgIpc) is 2.37. The van der Waals surface area contributed by atoms with Gasteiger partial charge < -0.3 is 15.8 Å². The second-order valence-electron chi connectivity index (χ2n) is 3.79. The van der Waals surface area contributed by atoms with Crippen LogP contribution in [0.15, 0.2) is 18.3 Å². The molecule has 5 heteroatoms. The maximum absolute atomic E-state index is 11.3. The Hall–Kier alpha value is -1.62. The van der Waals surface area contributed by atoms with E-state index in [-0.39, 0.29) is 6.04 Å². The molecule has 0 amide bonds. The Bertz CT molecular complexity index is 369. The number of nitrogens with two attached hydrogens (primary N) is 1. The molecule has 1 aromatic heterocycles. The maximum atomic E-state index is 11.3. The number of methoxy groups -OCH3 is 1. The van der Waals surface area contributed by atoms with Crippen LogP contribution >= 0.6 is 0 Å². The second-order valence-corrected chi connectivity index (χ2v) is 3.79. The van der Waals surface area contributed by atoms with E-state index in [0.29, 0.717) is 12.2 Å². The molecule has 3 N–H and O–H groups in total. The van der Waals surface area contributed by atoms with Crippen LogP contribution in [0.5, 0.6) is 0 Å². The number of anilines is 1. The average molecular weight is 237 g/mol. The van der Waals surface area contributed by atoms with Crippen LogP contribution in [-0.2, 0) is 4.74 Å². The maximum Gasteiger partial charge on any atom is 0.356 e. The number of esters is 1. The van der Waals surface area contributed by atoms with E-state index >= 15 is 0 Å². The molecule has 17 heavy (non-hydrogen) atoms. The van der Waals surface area contributed by atoms with Gasteiger partial charge in [-0.15, -0.1) is 0 Å². The smallest absolute Gasteiger partial charge is 0.356 e. The fraction of sp³-hybridized carbons (Fsp3) is 0.500. The third kappa shape index (κ3) is 4.03. The minimum Gasteiger partial charge on any atom is -0.464 e. The van der Waals surface area contributed by atoms with Crippen molar-refractivity contribution >= 4 is 11.7 Å². The summed E-state index contributed by atoms with van der Waals surface area (Å²) in [7, 11) is 1.34. The van der Waals surface area contributed by atoms with Gasteiger partial charge >= 0.3 is 5.97 Å². The Morgan fingerprint density at radius 3 is 3.00 bits per heavy atom. The number of aromatic nitrogens is 1. The normalized spacial score (nSPS) is 11.9. The van der Waals surface area contributed by atoms with Crippen molar-refractivity contribution in [2.75, 3.05) is 19.0 Å². The van der Waals surface area contributed by atoms with Crippen molar-refractivity contribution in [1.29, 1.82) is 0 Å². The SMILES string of the molecule is CCCC(CN)Nc1ccnc(C(=O)OC)c1. The molecule has 1 unspecified atom stereocenters. The first-order valence-electron chi connectivity index (χ1n) is 5.72. The second kappa shape index (κ2) is 6.85. The number of nitrogens with zero attached hydrogens (tertiary/aromatic N) is 1. The fourth-order valence-corrected chi connectivity index (χ4v) is 1.57. The standard InChI is InChI=1S/C12H19N3O2/c1-3-4-10(8-13)15-9-5-6-14-11(7-9)12(16)17-2/h5-7,10H,3-4,8,13H2,1-2H3,(H,14,15). The third-order valence-electron chi connectivity index (χ3n) is 2.45. The highest BCUT2D eigenvalue weighted by atomic mass is 16.5. The quantitative estimate of drug-likeness (QED) is 0.731. The minimum atomic E-state index is -0.437. The third-order valence-corrected chi connectivity index (χ3v) is 2.45. The van der Waals surface area contributed by atoms with Crippen LogP contribution in [0.25, 0.3) is 0 Å². The zero-order chi connectivity index (χ0) is 12.7. The highest BCUT2D eigenvalue weighted by Crippen LogP contribution is 2.11. The lowest BCUT2D eigenvalue weighted by molar-refractivity contribution is 0.0594. The van der Waals surface area contributed by atoms with Gasteiger partial charge in [-0.1, -0.05) is 13.3 Å². The molecule has 0 aliphatic rings. The Morgan fingerprint density at radius 2 is 2.41 bits per heavy atom. The van der Waals surface area contributed by atoms with Crippen LogP contribution in [-0.4, -0.2) is 30.6 Å². The summed E-state index contributed by atoms with van der Waals surface area (Å²) in [5.74, 6) is -0.437. The molecule has 1 atom stereocenters. The molecular formula is C12H19N3O2. The molecule has 0 fully saturated rings. The Morgan fingerprint density at radius 1 is 1.65 bits per heavy atom. The number of carbonyl (C=O) groups excluding carboxylic acids is 1. The largest absolute Gasteiger partial charge is 0.464 e. The number of nitrogens with one attached hydrogen (secondary N) is 1. The van der Waals surface area contributed by atoms with Gasteiger partial charge in [0, 0.05) is 24.5 Å². The lowest BCUT2D eigenvalue weighted by atomic mass is 10.1. The predicted molar refractivity (Wildman–Crippen MR) is 66.9 cm³/mol. The molecule has 1 heterocycles. The van der Waals surface area contributed by atoms with Gasteiger partial charge in [0.1, 0.15) is 5.69 Å². The van der Waals surface area contributed by atoms with Gasteiger partial charge in [-0.05, 0) is 18.6 Å². The molecule has 1 aromatic rings. The molecule has 0 aliphatic carbocycles. The van der Waals surface area contributed by atoms with Gasteiger partial charge in [0.05, 0.1) is 7.11 Å². The van der Waals surface area contributed by atoms with E-state index in [0.717, 1.165) is 18.5 Å². The van der Waals surface area contributed by atoms with Crippen molar-refractivity contribution < 1.29 is 9.53 Å². The number of pyridine rings is 1. The molecule has 1 rings (SSSR count). The molecule has 5 nitrogen and oxygen atoms in total. The zero-order valence-electron chi connectivity index (χ0n) is 10.3. The van der Waals surface area contributed by atoms with E-state index in [4.69, 9.17) is 5.73 Å². The molecule has 0 saturated carbocycles. The van der Waals surface area contributed by atoms with Crippen LogP contribution < -0.4 is 11.1 Å². The van der Waals surface area contributed by atoms with Crippen molar-refractivity contribution in [3.63, 3.8) is 0 Å². The summed E-state index contributed by atoms with van der Waals surface area (Å²) in [6, 6.07) is 3.70. The van der Waals surface area contributed by atoms with E-state index in [9.17, 15) is 4.79 Å². The van der Waals surface area contributed by atoms with Gasteiger partial charge in [-0.3, -0.25) is 0 Å². The van der Waals surface area contributed by atoms with Crippen LogP contribution in [0.4, 0.5) is 5.69 Å². The highest BCUT2D eigenvalue weighted by molar-refractivity contribution is 5.88. The van der Waals surface area contributed by atoms with E-state index < -0.39 is 5.97 Å². The monoisotopic (exact) mass is 237 g/mol. The summed E-state index contributed by atoms with van der Waals surface area (Å²) in [6.07, 6.45) is 3.63. The first-order valence-corrected chi connectivity index (χ1v) is 5.72. The molecule has 0 aromatic carbocycles. The van der Waals surface area contributed by atoms with Crippen LogP contribution in [0, 0.1) is 0 Å². The summed E-state index contributed by atoms with van der Waals surface area (Å²) in [5.41, 5.74) is 6.79. The molecule has 94 valence electrons. The molecule has 0 bridgehead atoms. The van der Waals surface area contributed by atoms with E-state index in [1.54, 1.807) is 12.3 Å². The topological polar surface area (TPSA) is 77.2 Å². The highest BCUT2D eigenvalue weighted by Gasteiger charge is 2.09. The molecule has 0 radical (unpaired) electrons. The van der Waals surface area contributed by atoms with E-state index in [2.05, 4.69) is 22.0 Å². The van der Waals surface area contributed by atoms with Gasteiger partial charge in [-0.25, -0.2) is 9.78 Å². The van der Waals surface area contributed by atoms with Crippen molar-refractivity contribution in [2.24, 2.45) is 5.73 Å². The first-order chi connectivity index (χ1) is 8.21. The van der Waals surface area contributed by atoms with Crippen molar-refractivity contribution in [3.05, 3.63) is 24.0 Å². The zero-order valence-corrected chi connectivity index (χ0v) is 10.3. The molecular weight excluding hydrogens is 218 g/mol.